The van der Waals surface area contributed by atoms with Gasteiger partial charge in [0.05, 0.1) is 12.3 Å². The molecule has 2 aromatic rings. The minimum atomic E-state index is -0.421. The molecule has 0 bridgehead atoms. The number of carbonyl (C=O) groups is 2. The van der Waals surface area contributed by atoms with Crippen LogP contribution in [0, 0.1) is 30.1 Å². The quantitative estimate of drug-likeness (QED) is 0.305. The number of nitrogens with zero attached hydrogens (tertiary/aromatic N) is 2. The van der Waals surface area contributed by atoms with Crippen LogP contribution in [-0.2, 0) is 20.8 Å². The van der Waals surface area contributed by atoms with Gasteiger partial charge in [0.2, 0.25) is 5.91 Å². The fourth-order valence-electron chi connectivity index (χ4n) is 7.30. The first-order valence-electron chi connectivity index (χ1n) is 13.2. The van der Waals surface area contributed by atoms with E-state index in [0.29, 0.717) is 41.0 Å². The van der Waals surface area contributed by atoms with E-state index in [1.165, 1.54) is 22.5 Å². The number of esters is 1. The number of nitrogens with one attached hydrogen (secondary N) is 1. The Hall–Kier alpha value is -2.78. The van der Waals surface area contributed by atoms with Crippen molar-refractivity contribution in [3.8, 4) is 5.75 Å². The van der Waals surface area contributed by atoms with Crippen LogP contribution in [0.5, 0.6) is 5.75 Å². The first-order chi connectivity index (χ1) is 17.8. The lowest BCUT2D eigenvalue weighted by Gasteiger charge is -2.50. The van der Waals surface area contributed by atoms with Gasteiger partial charge in [-0.25, -0.2) is 4.98 Å². The molecular weight excluding hydrogens is 488 g/mol. The number of anilines is 1. The predicted molar refractivity (Wildman–Crippen MR) is 144 cm³/mol. The van der Waals surface area contributed by atoms with Crippen molar-refractivity contribution >= 4 is 34.1 Å². The molecule has 1 aromatic carbocycles. The summed E-state index contributed by atoms with van der Waals surface area (Å²) in [5, 5.41) is 8.14. The Morgan fingerprint density at radius 3 is 2.89 bits per heavy atom. The SMILES string of the molecule is CO/N=C1\CC(CCC(=O)Nc2ncc(C)s2)C2C3CCc4cc(OC(=O)CN)ccc4C3CC[C@]12C. The molecule has 2 saturated carbocycles. The van der Waals surface area contributed by atoms with Crippen molar-refractivity contribution in [2.24, 2.45) is 34.1 Å². The smallest absolute Gasteiger partial charge is 0.325 e. The highest BCUT2D eigenvalue weighted by molar-refractivity contribution is 7.15. The Kier molecular flexibility index (Phi) is 7.36. The lowest BCUT2D eigenvalue weighted by molar-refractivity contribution is -0.132. The normalized spacial score (nSPS) is 29.2. The van der Waals surface area contributed by atoms with Crippen molar-refractivity contribution in [2.45, 2.75) is 64.7 Å². The molecule has 1 heterocycles. The van der Waals surface area contributed by atoms with Gasteiger partial charge in [-0.3, -0.25) is 9.59 Å². The number of fused-ring (bicyclic) bond motifs is 5. The number of thiazole rings is 1. The summed E-state index contributed by atoms with van der Waals surface area (Å²) in [6.07, 6.45) is 8.12. The average molecular weight is 525 g/mol. The zero-order valence-corrected chi connectivity index (χ0v) is 22.6. The van der Waals surface area contributed by atoms with Crippen molar-refractivity contribution in [2.75, 3.05) is 19.0 Å². The van der Waals surface area contributed by atoms with Gasteiger partial charge in [-0.2, -0.15) is 0 Å². The summed E-state index contributed by atoms with van der Waals surface area (Å²) in [5.74, 6) is 1.97. The van der Waals surface area contributed by atoms with Gasteiger partial charge in [-0.15, -0.1) is 11.3 Å². The minimum Gasteiger partial charge on any atom is -0.426 e. The van der Waals surface area contributed by atoms with Crippen molar-refractivity contribution in [1.82, 2.24) is 4.98 Å². The second-order valence-corrected chi connectivity index (χ2v) is 12.1. The molecule has 37 heavy (non-hydrogen) atoms. The Morgan fingerprint density at radius 2 is 2.16 bits per heavy atom. The maximum atomic E-state index is 12.8. The van der Waals surface area contributed by atoms with Gasteiger partial charge in [0, 0.05) is 22.9 Å². The maximum absolute atomic E-state index is 12.8. The first kappa shape index (κ1) is 25.9. The molecule has 2 fully saturated rings. The molecule has 5 atom stereocenters. The number of nitrogens with two attached hydrogens (primary N) is 1. The monoisotopic (exact) mass is 524 g/mol. The van der Waals surface area contributed by atoms with E-state index in [9.17, 15) is 9.59 Å². The number of hydrogen-bond donors (Lipinski definition) is 2. The van der Waals surface area contributed by atoms with E-state index in [2.05, 4.69) is 28.4 Å². The fraction of sp³-hybridized carbons (Fsp3) is 0.571. The summed E-state index contributed by atoms with van der Waals surface area (Å²) in [6, 6.07) is 6.06. The van der Waals surface area contributed by atoms with Crippen LogP contribution in [0.4, 0.5) is 5.13 Å². The highest BCUT2D eigenvalue weighted by Crippen LogP contribution is 2.62. The Bertz CT molecular complexity index is 1210. The zero-order chi connectivity index (χ0) is 26.2. The molecule has 1 amide bonds. The van der Waals surface area contributed by atoms with Gasteiger partial charge in [-0.1, -0.05) is 18.1 Å². The molecule has 3 aliphatic rings. The van der Waals surface area contributed by atoms with E-state index in [4.69, 9.17) is 15.3 Å². The van der Waals surface area contributed by atoms with Gasteiger partial charge in [0.1, 0.15) is 12.9 Å². The number of aromatic nitrogens is 1. The number of ether oxygens (including phenoxy) is 1. The second kappa shape index (κ2) is 10.5. The molecule has 3 N–H and O–H groups in total. The molecule has 8 nitrogen and oxygen atoms in total. The Balaban J connectivity index is 1.35. The molecule has 0 spiro atoms. The highest BCUT2D eigenvalue weighted by Gasteiger charge is 2.57. The van der Waals surface area contributed by atoms with Gasteiger partial charge in [-0.05, 0) is 92.4 Å². The molecule has 0 saturated heterocycles. The summed E-state index contributed by atoms with van der Waals surface area (Å²) >= 11 is 1.50. The van der Waals surface area contributed by atoms with Crippen LogP contribution < -0.4 is 15.8 Å². The van der Waals surface area contributed by atoms with E-state index in [1.807, 2.05) is 19.1 Å². The van der Waals surface area contributed by atoms with Crippen molar-refractivity contribution in [1.29, 1.82) is 0 Å². The molecule has 5 rings (SSSR count). The molecule has 0 aliphatic heterocycles. The molecule has 198 valence electrons. The second-order valence-electron chi connectivity index (χ2n) is 10.9. The summed E-state index contributed by atoms with van der Waals surface area (Å²) in [6.45, 7) is 4.21. The molecule has 1 aromatic heterocycles. The van der Waals surface area contributed by atoms with E-state index in [0.717, 1.165) is 49.1 Å². The maximum Gasteiger partial charge on any atom is 0.325 e. The fourth-order valence-corrected chi connectivity index (χ4v) is 7.98. The first-order valence-corrected chi connectivity index (χ1v) is 14.0. The Morgan fingerprint density at radius 1 is 1.32 bits per heavy atom. The number of carbonyl (C=O) groups excluding carboxylic acids is 2. The van der Waals surface area contributed by atoms with Crippen LogP contribution in [0.15, 0.2) is 29.6 Å². The van der Waals surface area contributed by atoms with Crippen molar-refractivity contribution in [3.63, 3.8) is 0 Å². The third-order valence-electron chi connectivity index (χ3n) is 8.78. The van der Waals surface area contributed by atoms with E-state index >= 15 is 0 Å². The van der Waals surface area contributed by atoms with Crippen LogP contribution in [0.25, 0.3) is 0 Å². The van der Waals surface area contributed by atoms with Crippen LogP contribution in [-0.4, -0.2) is 36.2 Å². The summed E-state index contributed by atoms with van der Waals surface area (Å²) in [7, 11) is 1.62. The summed E-state index contributed by atoms with van der Waals surface area (Å²) < 4.78 is 5.37. The molecule has 4 unspecified atom stereocenters. The number of benzene rings is 1. The van der Waals surface area contributed by atoms with Crippen LogP contribution >= 0.6 is 11.3 Å². The molecule has 3 aliphatic carbocycles. The van der Waals surface area contributed by atoms with Crippen LogP contribution in [0.1, 0.15) is 67.4 Å². The lowest BCUT2D eigenvalue weighted by Crippen LogP contribution is -2.44. The molecule has 0 radical (unpaired) electrons. The van der Waals surface area contributed by atoms with Gasteiger partial charge >= 0.3 is 5.97 Å². The van der Waals surface area contributed by atoms with E-state index < -0.39 is 5.97 Å². The Labute approximate surface area is 222 Å². The van der Waals surface area contributed by atoms with Crippen LogP contribution in [0.2, 0.25) is 0 Å². The minimum absolute atomic E-state index is 0.0150. The van der Waals surface area contributed by atoms with Gasteiger partial charge in [0.15, 0.2) is 5.13 Å². The van der Waals surface area contributed by atoms with Crippen molar-refractivity contribution in [3.05, 3.63) is 40.4 Å². The third kappa shape index (κ3) is 5.03. The summed E-state index contributed by atoms with van der Waals surface area (Å²) in [5.41, 5.74) is 9.19. The van der Waals surface area contributed by atoms with Crippen molar-refractivity contribution < 1.29 is 19.2 Å². The van der Waals surface area contributed by atoms with Gasteiger partial charge in [0.25, 0.3) is 0 Å². The standard InChI is InChI=1S/C28H36N4O4S/c1-16-15-30-27(37-16)31-24(33)9-5-18-13-23(32-35-3)28(2)11-10-21-20-8-6-19(36-25(34)14-29)12-17(20)4-7-22(21)26(18)28/h6,8,12,15,18,21-22,26H,4-5,7,9-11,13-14,29H2,1-3H3,(H,30,31,33)/b32-23+/t18?,21?,22?,26?,28-/m1/s1. The number of oxime groups is 1. The largest absolute Gasteiger partial charge is 0.426 e. The van der Waals surface area contributed by atoms with E-state index in [-0.39, 0.29) is 17.9 Å². The highest BCUT2D eigenvalue weighted by atomic mass is 32.1. The number of hydrogen-bond acceptors (Lipinski definition) is 8. The third-order valence-corrected chi connectivity index (χ3v) is 9.61. The number of amides is 1. The number of aryl methyl sites for hydroxylation is 2. The average Bonchev–Trinajstić information content (AvgIpc) is 3.42. The lowest BCUT2D eigenvalue weighted by atomic mass is 9.54. The van der Waals surface area contributed by atoms with E-state index in [1.54, 1.807) is 13.3 Å². The number of rotatable bonds is 7. The predicted octanol–water partition coefficient (Wildman–Crippen LogP) is 4.82. The van der Waals surface area contributed by atoms with Crippen LogP contribution in [0.3, 0.4) is 0 Å². The van der Waals surface area contributed by atoms with Gasteiger partial charge < -0.3 is 20.6 Å². The molecular formula is C28H36N4O4S. The molecule has 9 heteroatoms. The topological polar surface area (TPSA) is 116 Å². The summed E-state index contributed by atoms with van der Waals surface area (Å²) in [4.78, 5) is 35.1. The zero-order valence-electron chi connectivity index (χ0n) is 21.8.